The summed E-state index contributed by atoms with van der Waals surface area (Å²) in [5.74, 6) is 0.549. The molecule has 33 heavy (non-hydrogen) atoms. The Labute approximate surface area is 196 Å². The maximum absolute atomic E-state index is 12.2. The van der Waals surface area contributed by atoms with Gasteiger partial charge in [-0.3, -0.25) is 0 Å². The van der Waals surface area contributed by atoms with Gasteiger partial charge in [0.15, 0.2) is 0 Å². The second kappa shape index (κ2) is 8.87. The number of pyridine rings is 1. The number of carbonyl (C=O) groups excluding carboxylic acids is 1. The molecule has 170 valence electrons. The number of carbonyl (C=O) groups is 1. The van der Waals surface area contributed by atoms with E-state index < -0.39 is 8.07 Å². The average molecular weight is 459 g/mol. The van der Waals surface area contributed by atoms with Gasteiger partial charge in [-0.2, -0.15) is 5.10 Å². The molecule has 0 aliphatic rings. The molecule has 6 heteroatoms. The van der Waals surface area contributed by atoms with Crippen molar-refractivity contribution in [2.75, 3.05) is 14.2 Å². The largest absolute Gasteiger partial charge is 0.495 e. The van der Waals surface area contributed by atoms with E-state index in [-0.39, 0.29) is 5.97 Å². The zero-order chi connectivity index (χ0) is 23.8. The van der Waals surface area contributed by atoms with Crippen LogP contribution in [0, 0.1) is 6.92 Å². The molecule has 5 nitrogen and oxygen atoms in total. The molecule has 0 spiro atoms. The monoisotopic (exact) mass is 458 g/mol. The Morgan fingerprint density at radius 2 is 1.73 bits per heavy atom. The number of ether oxygens (including phenoxy) is 2. The molecule has 0 aliphatic heterocycles. The predicted molar refractivity (Wildman–Crippen MR) is 135 cm³/mol. The van der Waals surface area contributed by atoms with Crippen molar-refractivity contribution in [2.24, 2.45) is 0 Å². The first-order valence-electron chi connectivity index (χ1n) is 11.1. The lowest BCUT2D eigenvalue weighted by Gasteiger charge is -2.21. The van der Waals surface area contributed by atoms with E-state index in [1.165, 1.54) is 7.11 Å². The number of methoxy groups -OCH3 is 2. The van der Waals surface area contributed by atoms with Crippen molar-refractivity contribution in [2.45, 2.75) is 33.0 Å². The molecule has 2 heterocycles. The molecule has 0 aliphatic carbocycles. The highest BCUT2D eigenvalue weighted by molar-refractivity contribution is 6.88. The minimum Gasteiger partial charge on any atom is -0.495 e. The second-order valence-electron chi connectivity index (χ2n) is 9.37. The lowest BCUT2D eigenvalue weighted by Crippen LogP contribution is -2.43. The number of aryl methyl sites for hydroxylation is 1. The molecule has 0 atom stereocenters. The van der Waals surface area contributed by atoms with Crippen LogP contribution in [0.25, 0.3) is 16.8 Å². The van der Waals surface area contributed by atoms with Crippen LogP contribution in [-0.4, -0.2) is 37.9 Å². The summed E-state index contributed by atoms with van der Waals surface area (Å²) in [6, 6.07) is 20.3. The third kappa shape index (κ3) is 4.43. The summed E-state index contributed by atoms with van der Waals surface area (Å²) < 4.78 is 12.8. The SMILES string of the molecule is COC(=O)c1cc(C)cc(Cc2c(-c3ccccc3)nn3c([Si](C)(C)C)c(OC)ccc23)c1. The standard InChI is InChI=1S/C27H30N2O3Si/c1-18-14-19(16-21(15-18)27(30)32-3)17-22-23-12-13-24(31-2)26(33(4,5)6)29(23)28-25(22)20-10-8-7-9-11-20/h7-16H,17H2,1-6H3. The first kappa shape index (κ1) is 22.8. The topological polar surface area (TPSA) is 52.8 Å². The quantitative estimate of drug-likeness (QED) is 0.293. The van der Waals surface area contributed by atoms with Crippen LogP contribution in [0.3, 0.4) is 0 Å². The van der Waals surface area contributed by atoms with E-state index in [9.17, 15) is 4.79 Å². The molecular weight excluding hydrogens is 428 g/mol. The maximum atomic E-state index is 12.2. The van der Waals surface area contributed by atoms with E-state index in [1.807, 2.05) is 37.3 Å². The molecule has 4 rings (SSSR count). The van der Waals surface area contributed by atoms with Crippen LogP contribution >= 0.6 is 0 Å². The van der Waals surface area contributed by atoms with Crippen LogP contribution in [0.15, 0.2) is 60.7 Å². The van der Waals surface area contributed by atoms with Crippen LogP contribution in [0.1, 0.15) is 27.0 Å². The van der Waals surface area contributed by atoms with Gasteiger partial charge in [-0.05, 0) is 42.3 Å². The summed E-state index contributed by atoms with van der Waals surface area (Å²) in [5, 5.41) is 6.29. The molecule has 0 N–H and O–H groups in total. The minimum atomic E-state index is -1.79. The Hall–Kier alpha value is -3.38. The Morgan fingerprint density at radius 1 is 1.00 bits per heavy atom. The summed E-state index contributed by atoms with van der Waals surface area (Å²) >= 11 is 0. The van der Waals surface area contributed by atoms with Crippen molar-refractivity contribution in [3.05, 3.63) is 82.9 Å². The van der Waals surface area contributed by atoms with E-state index in [2.05, 4.69) is 54.5 Å². The Bertz CT molecular complexity index is 1320. The fourth-order valence-electron chi connectivity index (χ4n) is 4.40. The first-order valence-corrected chi connectivity index (χ1v) is 14.6. The van der Waals surface area contributed by atoms with Gasteiger partial charge in [-0.1, -0.05) is 56.0 Å². The molecule has 2 aromatic carbocycles. The zero-order valence-corrected chi connectivity index (χ0v) is 21.1. The highest BCUT2D eigenvalue weighted by atomic mass is 28.3. The average Bonchev–Trinajstić information content (AvgIpc) is 3.15. The second-order valence-corrected chi connectivity index (χ2v) is 14.3. The lowest BCUT2D eigenvalue weighted by atomic mass is 9.97. The van der Waals surface area contributed by atoms with Crippen LogP contribution in [0.2, 0.25) is 19.6 Å². The molecule has 0 saturated carbocycles. The maximum Gasteiger partial charge on any atom is 0.337 e. The number of benzene rings is 2. The first-order chi connectivity index (χ1) is 15.7. The van der Waals surface area contributed by atoms with Crippen LogP contribution in [-0.2, 0) is 11.2 Å². The minimum absolute atomic E-state index is 0.325. The number of rotatable bonds is 6. The van der Waals surface area contributed by atoms with Gasteiger partial charge < -0.3 is 9.47 Å². The number of aromatic nitrogens is 2. The van der Waals surface area contributed by atoms with E-state index in [4.69, 9.17) is 14.6 Å². The van der Waals surface area contributed by atoms with Crippen molar-refractivity contribution >= 4 is 24.9 Å². The third-order valence-corrected chi connectivity index (χ3v) is 7.66. The number of hydrogen-bond acceptors (Lipinski definition) is 4. The van der Waals surface area contributed by atoms with Crippen LogP contribution in [0.4, 0.5) is 0 Å². The highest BCUT2D eigenvalue weighted by Crippen LogP contribution is 2.30. The highest BCUT2D eigenvalue weighted by Gasteiger charge is 2.28. The van der Waals surface area contributed by atoms with E-state index >= 15 is 0 Å². The molecule has 0 saturated heterocycles. The molecule has 0 radical (unpaired) electrons. The zero-order valence-electron chi connectivity index (χ0n) is 20.1. The Balaban J connectivity index is 1.97. The van der Waals surface area contributed by atoms with Crippen LogP contribution in [0.5, 0.6) is 5.75 Å². The summed E-state index contributed by atoms with van der Waals surface area (Å²) in [7, 11) is 1.34. The summed E-state index contributed by atoms with van der Waals surface area (Å²) in [5.41, 5.74) is 6.85. The Morgan fingerprint density at radius 3 is 2.36 bits per heavy atom. The van der Waals surface area contributed by atoms with Crippen molar-refractivity contribution in [1.82, 2.24) is 9.61 Å². The van der Waals surface area contributed by atoms with Gasteiger partial charge >= 0.3 is 5.97 Å². The Kier molecular flexibility index (Phi) is 6.12. The van der Waals surface area contributed by atoms with Gasteiger partial charge in [0, 0.05) is 17.5 Å². The molecule has 0 fully saturated rings. The molecule has 4 aromatic rings. The molecule has 0 amide bonds. The molecular formula is C27H30N2O3Si. The smallest absolute Gasteiger partial charge is 0.337 e. The summed E-state index contributed by atoms with van der Waals surface area (Å²) in [6.07, 6.45) is 0.650. The lowest BCUT2D eigenvalue weighted by molar-refractivity contribution is 0.0600. The van der Waals surface area contributed by atoms with Gasteiger partial charge in [0.1, 0.15) is 13.8 Å². The van der Waals surface area contributed by atoms with Gasteiger partial charge in [-0.15, -0.1) is 0 Å². The number of esters is 1. The normalized spacial score (nSPS) is 11.6. The fraction of sp³-hybridized carbons (Fsp3) is 0.259. The van der Waals surface area contributed by atoms with Crippen molar-refractivity contribution < 1.29 is 14.3 Å². The number of nitrogens with zero attached hydrogens (tertiary/aromatic N) is 2. The number of hydrogen-bond donors (Lipinski definition) is 0. The predicted octanol–water partition coefficient (Wildman–Crippen LogP) is 5.24. The van der Waals surface area contributed by atoms with Gasteiger partial charge in [-0.25, -0.2) is 9.31 Å². The van der Waals surface area contributed by atoms with Crippen molar-refractivity contribution in [3.8, 4) is 17.0 Å². The van der Waals surface area contributed by atoms with E-state index in [1.54, 1.807) is 7.11 Å². The third-order valence-electron chi connectivity index (χ3n) is 5.78. The molecule has 0 unspecified atom stereocenters. The summed E-state index contributed by atoms with van der Waals surface area (Å²) in [4.78, 5) is 12.2. The molecule has 2 aromatic heterocycles. The summed E-state index contributed by atoms with van der Waals surface area (Å²) in [6.45, 7) is 8.91. The van der Waals surface area contributed by atoms with Gasteiger partial charge in [0.2, 0.25) is 0 Å². The van der Waals surface area contributed by atoms with Gasteiger partial charge in [0.05, 0.1) is 36.3 Å². The van der Waals surface area contributed by atoms with Crippen molar-refractivity contribution in [1.29, 1.82) is 0 Å². The van der Waals surface area contributed by atoms with Crippen LogP contribution < -0.4 is 10.1 Å². The van der Waals surface area contributed by atoms with E-state index in [0.29, 0.717) is 12.0 Å². The molecule has 0 bridgehead atoms. The van der Waals surface area contributed by atoms with Crippen molar-refractivity contribution in [3.63, 3.8) is 0 Å². The number of fused-ring (bicyclic) bond motifs is 1. The van der Waals surface area contributed by atoms with E-state index in [0.717, 1.165) is 44.5 Å². The fourth-order valence-corrected chi connectivity index (χ4v) is 6.13. The van der Waals surface area contributed by atoms with Gasteiger partial charge in [0.25, 0.3) is 0 Å².